The van der Waals surface area contributed by atoms with Crippen LogP contribution in [0, 0.1) is 23.4 Å². The van der Waals surface area contributed by atoms with E-state index in [-0.39, 0.29) is 17.5 Å². The topological polar surface area (TPSA) is 9.23 Å². The number of halogens is 3. The molecule has 0 N–H and O–H groups in total. The Balaban J connectivity index is 1.62. The highest BCUT2D eigenvalue weighted by molar-refractivity contribution is 5.56. The van der Waals surface area contributed by atoms with Gasteiger partial charge in [-0.2, -0.15) is 4.39 Å². The van der Waals surface area contributed by atoms with E-state index in [1.165, 1.54) is 12.1 Å². The molecule has 1 nitrogen and oxygen atoms in total. The molecule has 0 bridgehead atoms. The number of allylic oxidation sites excluding steroid dienone is 2. The van der Waals surface area contributed by atoms with Gasteiger partial charge in [-0.15, -0.1) is 0 Å². The van der Waals surface area contributed by atoms with Gasteiger partial charge in [0.05, 0.1) is 6.61 Å². The number of benzene rings is 2. The van der Waals surface area contributed by atoms with Gasteiger partial charge in [-0.1, -0.05) is 42.5 Å². The van der Waals surface area contributed by atoms with E-state index in [1.807, 2.05) is 25.1 Å². The minimum absolute atomic E-state index is 0.0161. The molecule has 1 aliphatic carbocycles. The van der Waals surface area contributed by atoms with Crippen LogP contribution in [0.1, 0.15) is 62.1 Å². The molecule has 0 saturated heterocycles. The van der Waals surface area contributed by atoms with Crippen molar-refractivity contribution in [3.63, 3.8) is 0 Å². The second-order valence-electron chi connectivity index (χ2n) is 7.47. The maximum atomic E-state index is 14.5. The molecule has 3 rings (SSSR count). The zero-order chi connectivity index (χ0) is 20.8. The Labute approximate surface area is 170 Å². The van der Waals surface area contributed by atoms with Crippen LogP contribution in [0.15, 0.2) is 42.5 Å². The third-order valence-corrected chi connectivity index (χ3v) is 5.52. The number of hydrogen-bond donors (Lipinski definition) is 0. The summed E-state index contributed by atoms with van der Waals surface area (Å²) in [6.45, 7) is 3.90. The maximum absolute atomic E-state index is 14.5. The van der Waals surface area contributed by atoms with Gasteiger partial charge in [0, 0.05) is 5.56 Å². The normalized spacial score (nSPS) is 19.9. The molecule has 0 aliphatic heterocycles. The van der Waals surface area contributed by atoms with E-state index in [1.54, 1.807) is 25.1 Å². The molecular weight excluding hydrogens is 373 g/mol. The van der Waals surface area contributed by atoms with Crippen LogP contribution in [0.4, 0.5) is 13.2 Å². The summed E-state index contributed by atoms with van der Waals surface area (Å²) < 4.78 is 47.8. The van der Waals surface area contributed by atoms with Gasteiger partial charge in [0.15, 0.2) is 11.6 Å². The van der Waals surface area contributed by atoms with Crippen molar-refractivity contribution in [1.82, 2.24) is 0 Å². The summed E-state index contributed by atoms with van der Waals surface area (Å²) in [5.74, 6) is -1.57. The lowest BCUT2D eigenvalue weighted by atomic mass is 9.78. The van der Waals surface area contributed by atoms with Crippen molar-refractivity contribution in [3.8, 4) is 5.75 Å². The van der Waals surface area contributed by atoms with Crippen molar-refractivity contribution in [2.45, 2.75) is 45.4 Å². The minimum Gasteiger partial charge on any atom is -0.491 e. The van der Waals surface area contributed by atoms with Gasteiger partial charge in [-0.05, 0) is 74.6 Å². The Morgan fingerprint density at radius 1 is 0.966 bits per heavy atom. The molecule has 4 heteroatoms. The monoisotopic (exact) mass is 400 g/mol. The van der Waals surface area contributed by atoms with Crippen LogP contribution < -0.4 is 4.74 Å². The molecule has 1 aliphatic rings. The van der Waals surface area contributed by atoms with Gasteiger partial charge in [0.1, 0.15) is 5.82 Å². The van der Waals surface area contributed by atoms with Crippen molar-refractivity contribution in [3.05, 3.63) is 76.6 Å². The Bertz CT molecular complexity index is 893. The average molecular weight is 400 g/mol. The van der Waals surface area contributed by atoms with Crippen LogP contribution in [0.3, 0.4) is 0 Å². The second-order valence-corrected chi connectivity index (χ2v) is 7.47. The molecule has 0 amide bonds. The first-order valence-electron chi connectivity index (χ1n) is 10.2. The van der Waals surface area contributed by atoms with Gasteiger partial charge in [-0.25, -0.2) is 8.78 Å². The summed E-state index contributed by atoms with van der Waals surface area (Å²) in [7, 11) is 0. The predicted molar refractivity (Wildman–Crippen MR) is 112 cm³/mol. The fraction of sp³-hybridized carbons (Fsp3) is 0.360. The average Bonchev–Trinajstić information content (AvgIpc) is 2.73. The lowest BCUT2D eigenvalue weighted by Crippen LogP contribution is -2.14. The molecule has 0 spiro atoms. The fourth-order valence-corrected chi connectivity index (χ4v) is 3.96. The zero-order valence-electron chi connectivity index (χ0n) is 16.9. The van der Waals surface area contributed by atoms with E-state index in [0.717, 1.165) is 31.2 Å². The molecule has 0 radical (unpaired) electrons. The Morgan fingerprint density at radius 3 is 2.38 bits per heavy atom. The van der Waals surface area contributed by atoms with E-state index in [4.69, 9.17) is 4.74 Å². The van der Waals surface area contributed by atoms with Crippen LogP contribution in [0.2, 0.25) is 0 Å². The lowest BCUT2D eigenvalue weighted by Gasteiger charge is -2.27. The maximum Gasteiger partial charge on any atom is 0.200 e. The predicted octanol–water partition coefficient (Wildman–Crippen LogP) is 7.52. The first-order valence-corrected chi connectivity index (χ1v) is 10.2. The van der Waals surface area contributed by atoms with E-state index < -0.39 is 11.6 Å². The molecule has 0 atom stereocenters. The van der Waals surface area contributed by atoms with E-state index in [9.17, 15) is 13.2 Å². The third kappa shape index (κ3) is 5.11. The summed E-state index contributed by atoms with van der Waals surface area (Å²) in [5.41, 5.74) is 1.85. The highest BCUT2D eigenvalue weighted by atomic mass is 19.2. The Morgan fingerprint density at radius 2 is 1.72 bits per heavy atom. The van der Waals surface area contributed by atoms with Crippen molar-refractivity contribution in [2.75, 3.05) is 6.61 Å². The zero-order valence-corrected chi connectivity index (χ0v) is 16.9. The number of rotatable bonds is 6. The van der Waals surface area contributed by atoms with E-state index >= 15 is 0 Å². The quantitative estimate of drug-likeness (QED) is 0.487. The molecule has 2 aromatic carbocycles. The van der Waals surface area contributed by atoms with Gasteiger partial charge in [-0.3, -0.25) is 0 Å². The molecule has 2 aromatic rings. The number of ether oxygens (including phenoxy) is 1. The SMILES string of the molecule is CC=Cc1ccc(C=CC2CCC(c3ccc(OCC)c(F)c3F)CC2)cc1F. The van der Waals surface area contributed by atoms with Crippen molar-refractivity contribution < 1.29 is 17.9 Å². The van der Waals surface area contributed by atoms with E-state index in [0.29, 0.717) is 23.7 Å². The highest BCUT2D eigenvalue weighted by Gasteiger charge is 2.25. The van der Waals surface area contributed by atoms with E-state index in [2.05, 4.69) is 6.08 Å². The molecule has 154 valence electrons. The summed E-state index contributed by atoms with van der Waals surface area (Å²) in [6, 6.07) is 8.39. The van der Waals surface area contributed by atoms with Gasteiger partial charge < -0.3 is 4.74 Å². The largest absolute Gasteiger partial charge is 0.491 e. The van der Waals surface area contributed by atoms with Crippen molar-refractivity contribution in [1.29, 1.82) is 0 Å². The van der Waals surface area contributed by atoms with Crippen LogP contribution in [-0.2, 0) is 0 Å². The van der Waals surface area contributed by atoms with Crippen molar-refractivity contribution in [2.24, 2.45) is 5.92 Å². The molecule has 0 aromatic heterocycles. The molecule has 29 heavy (non-hydrogen) atoms. The summed E-state index contributed by atoms with van der Waals surface area (Å²) in [4.78, 5) is 0. The molecule has 1 saturated carbocycles. The van der Waals surface area contributed by atoms with Gasteiger partial charge >= 0.3 is 0 Å². The molecule has 0 heterocycles. The highest BCUT2D eigenvalue weighted by Crippen LogP contribution is 2.39. The first kappa shape index (κ1) is 21.2. The van der Waals surface area contributed by atoms with Crippen LogP contribution in [0.25, 0.3) is 12.2 Å². The molecular formula is C25H27F3O. The summed E-state index contributed by atoms with van der Waals surface area (Å²) in [5, 5.41) is 0. The third-order valence-electron chi connectivity index (χ3n) is 5.52. The standard InChI is InChI=1S/C25H27F3O/c1-3-5-20-13-10-18(16-22(20)26)7-6-17-8-11-19(12-9-17)21-14-15-23(29-4-2)25(28)24(21)27/h3,5-7,10,13-17,19H,4,8-9,11-12H2,1-2H3. The van der Waals surface area contributed by atoms with Crippen LogP contribution in [0.5, 0.6) is 5.75 Å². The smallest absolute Gasteiger partial charge is 0.200 e. The summed E-state index contributed by atoms with van der Waals surface area (Å²) in [6.07, 6.45) is 11.0. The lowest BCUT2D eigenvalue weighted by molar-refractivity contribution is 0.310. The molecule has 0 unspecified atom stereocenters. The van der Waals surface area contributed by atoms with Crippen molar-refractivity contribution >= 4 is 12.2 Å². The second kappa shape index (κ2) is 9.82. The van der Waals surface area contributed by atoms with Gasteiger partial charge in [0.25, 0.3) is 0 Å². The Kier molecular flexibility index (Phi) is 7.18. The minimum atomic E-state index is -0.894. The first-order chi connectivity index (χ1) is 14.0. The number of hydrogen-bond acceptors (Lipinski definition) is 1. The molecule has 1 fully saturated rings. The van der Waals surface area contributed by atoms with Gasteiger partial charge in [0.2, 0.25) is 5.82 Å². The summed E-state index contributed by atoms with van der Waals surface area (Å²) >= 11 is 0. The van der Waals surface area contributed by atoms with Crippen LogP contribution >= 0.6 is 0 Å². The van der Waals surface area contributed by atoms with Crippen LogP contribution in [-0.4, -0.2) is 6.61 Å². The fourth-order valence-electron chi connectivity index (χ4n) is 3.96. The Hall–Kier alpha value is -2.49.